The maximum atomic E-state index is 11.7. The first-order valence-electron chi connectivity index (χ1n) is 13.8. The number of hydrogen-bond acceptors (Lipinski definition) is 6. The van der Waals surface area contributed by atoms with Gasteiger partial charge < -0.3 is 14.2 Å². The zero-order chi connectivity index (χ0) is 30.4. The van der Waals surface area contributed by atoms with Gasteiger partial charge in [-0.25, -0.2) is 0 Å². The quantitative estimate of drug-likeness (QED) is 0.0585. The molecular formula is C35H35BrN2O4. The Balaban J connectivity index is 1.50. The van der Waals surface area contributed by atoms with Gasteiger partial charge in [0.15, 0.2) is 0 Å². The van der Waals surface area contributed by atoms with E-state index in [2.05, 4.69) is 28.1 Å². The van der Waals surface area contributed by atoms with Crippen LogP contribution >= 0.6 is 15.9 Å². The first-order chi connectivity index (χ1) is 20.2. The zero-order valence-corrected chi connectivity index (χ0v) is 25.8. The maximum Gasteiger partial charge on any atom is 0.322 e. The third-order valence-electron chi connectivity index (χ3n) is 6.39. The number of carbonyl (C=O) groups is 1. The number of rotatable bonds is 14. The molecule has 3 rings (SSSR count). The number of alkyl halides is 1. The van der Waals surface area contributed by atoms with Crippen LogP contribution in [-0.4, -0.2) is 30.6 Å². The molecule has 0 N–H and O–H groups in total. The van der Waals surface area contributed by atoms with E-state index in [0.717, 1.165) is 59.4 Å². The molecule has 0 aliphatic heterocycles. The van der Waals surface area contributed by atoms with E-state index in [4.69, 9.17) is 14.2 Å². The second-order valence-corrected chi connectivity index (χ2v) is 12.1. The van der Waals surface area contributed by atoms with Gasteiger partial charge in [0.25, 0.3) is 0 Å². The minimum absolute atomic E-state index is 0.245. The monoisotopic (exact) mass is 626 g/mol. The molecule has 0 aliphatic rings. The lowest BCUT2D eigenvalue weighted by Gasteiger charge is -2.14. The van der Waals surface area contributed by atoms with Crippen molar-refractivity contribution in [3.05, 3.63) is 95.1 Å². The molecule has 0 aliphatic carbocycles. The number of halogens is 1. The molecule has 0 atom stereocenters. The molecule has 3 aromatic carbocycles. The van der Waals surface area contributed by atoms with Gasteiger partial charge >= 0.3 is 5.97 Å². The van der Waals surface area contributed by atoms with E-state index in [0.29, 0.717) is 24.4 Å². The minimum atomic E-state index is -0.646. The summed E-state index contributed by atoms with van der Waals surface area (Å²) in [5.41, 5.74) is 4.50. The molecule has 6 nitrogen and oxygen atoms in total. The van der Waals surface area contributed by atoms with E-state index >= 15 is 0 Å². The summed E-state index contributed by atoms with van der Waals surface area (Å²) in [7, 11) is 1.61. The number of benzene rings is 3. The Labute approximate surface area is 257 Å². The number of carbonyl (C=O) groups excluding carboxylic acids is 1. The number of ether oxygens (including phenoxy) is 3. The molecule has 0 aromatic heterocycles. The van der Waals surface area contributed by atoms with E-state index in [1.165, 1.54) is 0 Å². The molecule has 0 saturated heterocycles. The Morgan fingerprint density at radius 3 is 1.62 bits per heavy atom. The molecule has 0 unspecified atom stereocenters. The van der Waals surface area contributed by atoms with Crippen molar-refractivity contribution < 1.29 is 19.0 Å². The highest BCUT2D eigenvalue weighted by molar-refractivity contribution is 9.10. The number of esters is 1. The van der Waals surface area contributed by atoms with Gasteiger partial charge in [0.2, 0.25) is 0 Å². The molecule has 7 heteroatoms. The standard InChI is InChI=1S/C35H35BrN2O4/c1-35(2,36)34(39)42-21-7-5-4-6-20-41-33-18-14-29(15-19-33)31(25-38)23-27-10-8-26(9-11-27)22-30(24-37)28-12-16-32(40-3)17-13-28/h8-19,22-23H,4-7,20-21H2,1-3H3/b30-22-,31-23+. The minimum Gasteiger partial charge on any atom is -0.497 e. The molecule has 216 valence electrons. The number of methoxy groups -OCH3 is 1. The van der Waals surface area contributed by atoms with Crippen molar-refractivity contribution in [2.24, 2.45) is 0 Å². The molecule has 0 fully saturated rings. The predicted molar refractivity (Wildman–Crippen MR) is 171 cm³/mol. The van der Waals surface area contributed by atoms with Crippen molar-refractivity contribution in [1.82, 2.24) is 0 Å². The number of unbranched alkanes of at least 4 members (excludes halogenated alkanes) is 3. The summed E-state index contributed by atoms with van der Waals surface area (Å²) in [6.45, 7) is 4.57. The summed E-state index contributed by atoms with van der Waals surface area (Å²) in [6.07, 6.45) is 7.37. The highest BCUT2D eigenvalue weighted by Crippen LogP contribution is 2.24. The van der Waals surface area contributed by atoms with Crippen molar-refractivity contribution in [3.63, 3.8) is 0 Å². The van der Waals surface area contributed by atoms with Crippen LogP contribution in [0.25, 0.3) is 23.3 Å². The molecule has 0 saturated carbocycles. The van der Waals surface area contributed by atoms with Crippen LogP contribution in [-0.2, 0) is 9.53 Å². The Kier molecular flexibility index (Phi) is 12.4. The van der Waals surface area contributed by atoms with Gasteiger partial charge in [0.05, 0.1) is 43.6 Å². The van der Waals surface area contributed by atoms with Crippen LogP contribution in [0.5, 0.6) is 11.5 Å². The average Bonchev–Trinajstić information content (AvgIpc) is 3.00. The molecular weight excluding hydrogens is 592 g/mol. The third-order valence-corrected chi connectivity index (χ3v) is 6.72. The lowest BCUT2D eigenvalue weighted by Crippen LogP contribution is -2.26. The largest absolute Gasteiger partial charge is 0.497 e. The van der Waals surface area contributed by atoms with Gasteiger partial charge in [0, 0.05) is 0 Å². The second-order valence-electron chi connectivity index (χ2n) is 10.1. The van der Waals surface area contributed by atoms with E-state index in [1.807, 2.05) is 84.9 Å². The number of nitrogens with zero attached hydrogens (tertiary/aromatic N) is 2. The van der Waals surface area contributed by atoms with Gasteiger partial charge in [-0.2, -0.15) is 10.5 Å². The number of nitriles is 2. The fourth-order valence-corrected chi connectivity index (χ4v) is 4.08. The summed E-state index contributed by atoms with van der Waals surface area (Å²) in [4.78, 5) is 11.7. The molecule has 0 amide bonds. The molecule has 42 heavy (non-hydrogen) atoms. The highest BCUT2D eigenvalue weighted by atomic mass is 79.9. The van der Waals surface area contributed by atoms with Crippen molar-refractivity contribution in [2.45, 2.75) is 43.9 Å². The average molecular weight is 628 g/mol. The Bertz CT molecular complexity index is 1450. The Hall–Kier alpha value is -4.33. The van der Waals surface area contributed by atoms with Crippen molar-refractivity contribution in [3.8, 4) is 23.6 Å². The van der Waals surface area contributed by atoms with Gasteiger partial charge in [0.1, 0.15) is 15.8 Å². The fourth-order valence-electron chi connectivity index (χ4n) is 3.97. The normalized spacial score (nSPS) is 11.8. The summed E-state index contributed by atoms with van der Waals surface area (Å²) in [5.74, 6) is 1.25. The third kappa shape index (κ3) is 10.3. The molecule has 3 aromatic rings. The van der Waals surface area contributed by atoms with Crippen molar-refractivity contribution >= 4 is 45.2 Å². The van der Waals surface area contributed by atoms with E-state index < -0.39 is 4.32 Å². The van der Waals surface area contributed by atoms with Crippen molar-refractivity contribution in [1.29, 1.82) is 10.5 Å². The predicted octanol–water partition coefficient (Wildman–Crippen LogP) is 8.48. The van der Waals surface area contributed by atoms with Crippen LogP contribution in [0, 0.1) is 22.7 Å². The molecule has 0 bridgehead atoms. The molecule has 0 radical (unpaired) electrons. The van der Waals surface area contributed by atoms with Crippen LogP contribution in [0.1, 0.15) is 61.8 Å². The topological polar surface area (TPSA) is 92.3 Å². The lowest BCUT2D eigenvalue weighted by atomic mass is 10.0. The maximum absolute atomic E-state index is 11.7. The van der Waals surface area contributed by atoms with Gasteiger partial charge in [-0.1, -0.05) is 40.2 Å². The summed E-state index contributed by atoms with van der Waals surface area (Å²) < 4.78 is 15.6. The highest BCUT2D eigenvalue weighted by Gasteiger charge is 2.24. The van der Waals surface area contributed by atoms with Crippen LogP contribution < -0.4 is 9.47 Å². The molecule has 0 heterocycles. The Morgan fingerprint density at radius 1 is 0.738 bits per heavy atom. The second kappa shape index (κ2) is 16.2. The summed E-state index contributed by atoms with van der Waals surface area (Å²) >= 11 is 3.30. The van der Waals surface area contributed by atoms with Crippen molar-refractivity contribution in [2.75, 3.05) is 20.3 Å². The van der Waals surface area contributed by atoms with E-state index in [9.17, 15) is 15.3 Å². The number of hydrogen-bond donors (Lipinski definition) is 0. The summed E-state index contributed by atoms with van der Waals surface area (Å²) in [5, 5.41) is 19.4. The van der Waals surface area contributed by atoms with Gasteiger partial charge in [-0.3, -0.25) is 4.79 Å². The van der Waals surface area contributed by atoms with Crippen LogP contribution in [0.3, 0.4) is 0 Å². The molecule has 0 spiro atoms. The smallest absolute Gasteiger partial charge is 0.322 e. The first kappa shape index (κ1) is 32.2. The number of allylic oxidation sites excluding steroid dienone is 2. The van der Waals surface area contributed by atoms with Crippen LogP contribution in [0.4, 0.5) is 0 Å². The van der Waals surface area contributed by atoms with Gasteiger partial charge in [-0.05, 0) is 122 Å². The SMILES string of the molecule is COc1ccc(/C(C#N)=C\c2ccc(/C=C(\C#N)c3ccc(OCCCCCCOC(=O)C(C)(C)Br)cc3)cc2)cc1. The zero-order valence-electron chi connectivity index (χ0n) is 24.2. The fraction of sp³-hybridized carbons (Fsp3) is 0.286. The van der Waals surface area contributed by atoms with Crippen LogP contribution in [0.2, 0.25) is 0 Å². The van der Waals surface area contributed by atoms with E-state index in [1.54, 1.807) is 21.0 Å². The Morgan fingerprint density at radius 2 is 1.19 bits per heavy atom. The van der Waals surface area contributed by atoms with E-state index in [-0.39, 0.29) is 5.97 Å². The lowest BCUT2D eigenvalue weighted by molar-refractivity contribution is -0.145. The summed E-state index contributed by atoms with van der Waals surface area (Å²) in [6, 6.07) is 27.1. The van der Waals surface area contributed by atoms with Gasteiger partial charge in [-0.15, -0.1) is 0 Å². The first-order valence-corrected chi connectivity index (χ1v) is 14.6. The van der Waals surface area contributed by atoms with Crippen LogP contribution in [0.15, 0.2) is 72.8 Å².